The zero-order valence-electron chi connectivity index (χ0n) is 18.7. The van der Waals surface area contributed by atoms with Crippen LogP contribution in [0.15, 0.2) is 72.3 Å². The number of nitrogens with zero attached hydrogens (tertiary/aromatic N) is 1. The van der Waals surface area contributed by atoms with Gasteiger partial charge in [0.15, 0.2) is 0 Å². The predicted octanol–water partition coefficient (Wildman–Crippen LogP) is 4.86. The molecule has 1 aliphatic rings. The lowest BCUT2D eigenvalue weighted by Gasteiger charge is -2.27. The van der Waals surface area contributed by atoms with Crippen LogP contribution in [0.3, 0.4) is 0 Å². The number of ether oxygens (including phenoxy) is 1. The third-order valence-electron chi connectivity index (χ3n) is 5.42. The van der Waals surface area contributed by atoms with Gasteiger partial charge in [0.05, 0.1) is 5.69 Å². The molecule has 4 rings (SSSR count). The van der Waals surface area contributed by atoms with Gasteiger partial charge in [-0.25, -0.2) is 9.69 Å². The molecular formula is C27H24N2O4. The first kappa shape index (κ1) is 22.0. The van der Waals surface area contributed by atoms with Gasteiger partial charge >= 0.3 is 6.03 Å². The van der Waals surface area contributed by atoms with Gasteiger partial charge in [-0.15, -0.1) is 0 Å². The Morgan fingerprint density at radius 1 is 0.848 bits per heavy atom. The van der Waals surface area contributed by atoms with E-state index in [1.54, 1.807) is 30.3 Å². The number of amides is 4. The van der Waals surface area contributed by atoms with Gasteiger partial charge in [-0.1, -0.05) is 54.1 Å². The summed E-state index contributed by atoms with van der Waals surface area (Å²) >= 11 is 0. The van der Waals surface area contributed by atoms with Crippen LogP contribution in [0.5, 0.6) is 5.75 Å². The molecule has 1 fully saturated rings. The normalized spacial score (nSPS) is 15.1. The highest BCUT2D eigenvalue weighted by Crippen LogP contribution is 2.26. The minimum absolute atomic E-state index is 0.108. The molecule has 0 aromatic heterocycles. The number of hydrogen-bond acceptors (Lipinski definition) is 4. The molecule has 6 nitrogen and oxygen atoms in total. The van der Waals surface area contributed by atoms with Crippen LogP contribution in [0.4, 0.5) is 10.5 Å². The molecule has 4 amide bonds. The molecule has 3 aromatic rings. The Morgan fingerprint density at radius 3 is 2.21 bits per heavy atom. The summed E-state index contributed by atoms with van der Waals surface area (Å²) in [7, 11) is 0. The molecule has 1 heterocycles. The van der Waals surface area contributed by atoms with E-state index < -0.39 is 17.8 Å². The summed E-state index contributed by atoms with van der Waals surface area (Å²) < 4.78 is 5.81. The van der Waals surface area contributed by atoms with E-state index in [0.717, 1.165) is 21.6 Å². The lowest BCUT2D eigenvalue weighted by molar-refractivity contribution is -0.122. The zero-order chi connectivity index (χ0) is 23.5. The average Bonchev–Trinajstić information content (AvgIpc) is 2.79. The van der Waals surface area contributed by atoms with Gasteiger partial charge in [0.1, 0.15) is 17.9 Å². The molecule has 0 radical (unpaired) electrons. The van der Waals surface area contributed by atoms with Crippen molar-refractivity contribution in [3.63, 3.8) is 0 Å². The van der Waals surface area contributed by atoms with Crippen molar-refractivity contribution >= 4 is 29.6 Å². The van der Waals surface area contributed by atoms with Crippen molar-refractivity contribution in [1.29, 1.82) is 0 Å². The smallest absolute Gasteiger partial charge is 0.335 e. The Balaban J connectivity index is 1.54. The summed E-state index contributed by atoms with van der Waals surface area (Å²) in [6.07, 6.45) is 1.48. The Labute approximate surface area is 192 Å². The maximum atomic E-state index is 13.1. The number of carbonyl (C=O) groups is 3. The molecule has 1 aliphatic heterocycles. The summed E-state index contributed by atoms with van der Waals surface area (Å²) in [5, 5.41) is 2.26. The monoisotopic (exact) mass is 440 g/mol. The molecule has 33 heavy (non-hydrogen) atoms. The van der Waals surface area contributed by atoms with E-state index in [4.69, 9.17) is 4.74 Å². The van der Waals surface area contributed by atoms with Gasteiger partial charge in [0.2, 0.25) is 0 Å². The van der Waals surface area contributed by atoms with Gasteiger partial charge in [0, 0.05) is 0 Å². The molecule has 0 unspecified atom stereocenters. The van der Waals surface area contributed by atoms with E-state index >= 15 is 0 Å². The fourth-order valence-corrected chi connectivity index (χ4v) is 3.51. The van der Waals surface area contributed by atoms with Crippen molar-refractivity contribution in [2.75, 3.05) is 4.90 Å². The van der Waals surface area contributed by atoms with Gasteiger partial charge in [-0.05, 0) is 67.3 Å². The second-order valence-electron chi connectivity index (χ2n) is 8.09. The summed E-state index contributed by atoms with van der Waals surface area (Å²) in [6, 6.07) is 19.9. The van der Waals surface area contributed by atoms with E-state index in [9.17, 15) is 14.4 Å². The minimum Gasteiger partial charge on any atom is -0.489 e. The highest BCUT2D eigenvalue weighted by molar-refractivity contribution is 6.39. The molecule has 0 aliphatic carbocycles. The summed E-state index contributed by atoms with van der Waals surface area (Å²) in [5.74, 6) is -0.701. The molecule has 1 saturated heterocycles. The first-order valence-corrected chi connectivity index (χ1v) is 10.6. The number of anilines is 1. The first-order chi connectivity index (χ1) is 15.8. The molecule has 0 bridgehead atoms. The highest BCUT2D eigenvalue weighted by atomic mass is 16.5. The van der Waals surface area contributed by atoms with Crippen LogP contribution in [0.25, 0.3) is 6.08 Å². The van der Waals surface area contributed by atoms with E-state index in [-0.39, 0.29) is 5.57 Å². The van der Waals surface area contributed by atoms with Crippen LogP contribution >= 0.6 is 0 Å². The second-order valence-corrected chi connectivity index (χ2v) is 8.09. The number of urea groups is 1. The number of benzene rings is 3. The lowest BCUT2D eigenvalue weighted by atomic mass is 10.0. The standard InChI is InChI=1S/C27H24N2O4/c1-17-5-8-21(9-6-17)16-33-22-12-10-20(11-13-22)15-23-25(30)28-27(32)29(26(23)31)24-14-18(2)4-7-19(24)3/h4-15H,16H2,1-3H3,(H,28,30,32)/b23-15+. The van der Waals surface area contributed by atoms with Crippen LogP contribution in [-0.4, -0.2) is 17.8 Å². The molecule has 0 saturated carbocycles. The largest absolute Gasteiger partial charge is 0.489 e. The summed E-state index contributed by atoms with van der Waals surface area (Å²) in [4.78, 5) is 39.0. The third kappa shape index (κ3) is 4.85. The van der Waals surface area contributed by atoms with Crippen molar-refractivity contribution in [1.82, 2.24) is 5.32 Å². The molecular weight excluding hydrogens is 416 g/mol. The summed E-state index contributed by atoms with van der Waals surface area (Å²) in [5.41, 5.74) is 4.90. The minimum atomic E-state index is -0.754. The fraction of sp³-hybridized carbons (Fsp3) is 0.148. The van der Waals surface area contributed by atoms with Crippen LogP contribution in [0, 0.1) is 20.8 Å². The maximum absolute atomic E-state index is 13.1. The zero-order valence-corrected chi connectivity index (χ0v) is 18.7. The van der Waals surface area contributed by atoms with Gasteiger partial charge in [0.25, 0.3) is 11.8 Å². The number of rotatable bonds is 5. The number of aryl methyl sites for hydroxylation is 3. The summed E-state index contributed by atoms with van der Waals surface area (Å²) in [6.45, 7) is 6.16. The van der Waals surface area contributed by atoms with Crippen molar-refractivity contribution in [3.8, 4) is 5.75 Å². The Kier molecular flexibility index (Phi) is 6.09. The second kappa shape index (κ2) is 9.12. The predicted molar refractivity (Wildman–Crippen MR) is 127 cm³/mol. The molecule has 166 valence electrons. The molecule has 3 aromatic carbocycles. The van der Waals surface area contributed by atoms with Gasteiger partial charge < -0.3 is 4.74 Å². The molecule has 1 N–H and O–H groups in total. The molecule has 0 spiro atoms. The van der Waals surface area contributed by atoms with Crippen LogP contribution < -0.4 is 15.0 Å². The Morgan fingerprint density at radius 2 is 1.52 bits per heavy atom. The highest BCUT2D eigenvalue weighted by Gasteiger charge is 2.37. The Hall–Kier alpha value is -4.19. The number of hydrogen-bond donors (Lipinski definition) is 1. The van der Waals surface area contributed by atoms with E-state index in [2.05, 4.69) is 5.32 Å². The van der Waals surface area contributed by atoms with Crippen molar-refractivity contribution in [2.24, 2.45) is 0 Å². The van der Waals surface area contributed by atoms with Crippen molar-refractivity contribution in [3.05, 3.63) is 100 Å². The molecule has 6 heteroatoms. The van der Waals surface area contributed by atoms with Crippen molar-refractivity contribution < 1.29 is 19.1 Å². The van der Waals surface area contributed by atoms with Gasteiger partial charge in [-0.2, -0.15) is 0 Å². The maximum Gasteiger partial charge on any atom is 0.335 e. The number of nitrogens with one attached hydrogen (secondary N) is 1. The fourth-order valence-electron chi connectivity index (χ4n) is 3.51. The van der Waals surface area contributed by atoms with Crippen LogP contribution in [-0.2, 0) is 16.2 Å². The number of imide groups is 2. The van der Waals surface area contributed by atoms with Gasteiger partial charge in [-0.3, -0.25) is 14.9 Å². The lowest BCUT2D eigenvalue weighted by Crippen LogP contribution is -2.54. The molecule has 0 atom stereocenters. The van der Waals surface area contributed by atoms with Crippen LogP contribution in [0.2, 0.25) is 0 Å². The SMILES string of the molecule is Cc1ccc(COc2ccc(/C=C3\C(=O)NC(=O)N(c4cc(C)ccc4C)C3=O)cc2)cc1. The number of barbiturate groups is 1. The third-order valence-corrected chi connectivity index (χ3v) is 5.42. The van der Waals surface area contributed by atoms with E-state index in [1.165, 1.54) is 11.6 Å². The average molecular weight is 440 g/mol. The quantitative estimate of drug-likeness (QED) is 0.454. The van der Waals surface area contributed by atoms with Crippen LogP contribution in [0.1, 0.15) is 27.8 Å². The van der Waals surface area contributed by atoms with E-state index in [0.29, 0.717) is 23.6 Å². The Bertz CT molecular complexity index is 1260. The van der Waals surface area contributed by atoms with E-state index in [1.807, 2.05) is 57.2 Å². The number of carbonyl (C=O) groups excluding carboxylic acids is 3. The first-order valence-electron chi connectivity index (χ1n) is 10.6. The topological polar surface area (TPSA) is 75.7 Å². The van der Waals surface area contributed by atoms with Crippen molar-refractivity contribution in [2.45, 2.75) is 27.4 Å².